The molecule has 2 aromatic carbocycles. The Kier molecular flexibility index (Phi) is 3.57. The lowest BCUT2D eigenvalue weighted by molar-refractivity contribution is 0.286. The van der Waals surface area contributed by atoms with E-state index in [-0.39, 0.29) is 5.59 Å². The number of benzene rings is 2. The fourth-order valence-electron chi connectivity index (χ4n) is 3.64. The smallest absolute Gasteiger partial charge is 0.324 e. The molecule has 0 saturated carbocycles. The molecule has 0 aliphatic carbocycles. The Morgan fingerprint density at radius 3 is 2.52 bits per heavy atom. The second-order valence-corrected chi connectivity index (χ2v) is 7.22. The number of imidazole rings is 1. The largest absolute Gasteiger partial charge is 0.436 e. The summed E-state index contributed by atoms with van der Waals surface area (Å²) in [6.45, 7) is 3.76. The average molecular weight is 336 g/mol. The molecular weight excluding hydrogens is 317 g/mol. The van der Waals surface area contributed by atoms with Crippen LogP contribution in [0, 0.1) is 6.92 Å². The maximum Gasteiger partial charge on any atom is 0.436 e. The number of alkyl halides is 1. The average Bonchev–Trinajstić information content (AvgIpc) is 3.05. The molecule has 0 N–H and O–H groups in total. The summed E-state index contributed by atoms with van der Waals surface area (Å²) < 4.78 is 31.8. The van der Waals surface area contributed by atoms with Gasteiger partial charge in [0.1, 0.15) is 11.9 Å². The first-order valence-electron chi connectivity index (χ1n) is 8.44. The van der Waals surface area contributed by atoms with Crippen LogP contribution in [0.5, 0.6) is 0 Å². The highest BCUT2D eigenvalue weighted by Crippen LogP contribution is 2.39. The molecule has 0 unspecified atom stereocenters. The summed E-state index contributed by atoms with van der Waals surface area (Å²) in [5, 5.41) is 0. The van der Waals surface area contributed by atoms with Gasteiger partial charge in [-0.1, -0.05) is 56.3 Å². The summed E-state index contributed by atoms with van der Waals surface area (Å²) in [4.78, 5) is 4.47. The Morgan fingerprint density at radius 2 is 1.76 bits per heavy atom. The van der Waals surface area contributed by atoms with Crippen LogP contribution < -0.4 is 5.59 Å². The Balaban J connectivity index is 2.06. The molecule has 4 rings (SSSR count). The molecule has 2 heterocycles. The van der Waals surface area contributed by atoms with Crippen molar-refractivity contribution >= 4 is 12.6 Å². The van der Waals surface area contributed by atoms with Crippen molar-refractivity contribution in [2.24, 2.45) is 0 Å². The predicted octanol–water partition coefficient (Wildman–Crippen LogP) is 4.18. The van der Waals surface area contributed by atoms with Crippen molar-refractivity contribution in [3.8, 4) is 17.1 Å². The quantitative estimate of drug-likeness (QED) is 0.610. The standard InChI is InChI=1S/C20H19BF2N2/c1-13-8-4-7-11-16(13)25-12-17-21(23)19(22)20(2,3)15-10-6-5-9-14(15)18(25)24-17/h4-12,19H,1-3H3/t19-/m0/s1. The SMILES string of the molecule is Cc1ccccc1-n1cc2nc1-c1ccccc1C(C)(C)[C@H](F)B2F. The molecule has 2 bridgehead atoms. The number of para-hydroxylation sites is 1. The lowest BCUT2D eigenvalue weighted by Crippen LogP contribution is -2.48. The summed E-state index contributed by atoms with van der Waals surface area (Å²) >= 11 is 0. The molecule has 25 heavy (non-hydrogen) atoms. The van der Waals surface area contributed by atoms with Crippen LogP contribution in [0.1, 0.15) is 25.0 Å². The predicted molar refractivity (Wildman–Crippen MR) is 98.2 cm³/mol. The number of aryl methyl sites for hydroxylation is 1. The van der Waals surface area contributed by atoms with Crippen molar-refractivity contribution in [1.29, 1.82) is 0 Å². The summed E-state index contributed by atoms with van der Waals surface area (Å²) in [5.74, 6) is 0.655. The van der Waals surface area contributed by atoms with Crippen molar-refractivity contribution in [2.75, 3.05) is 0 Å². The second-order valence-electron chi connectivity index (χ2n) is 7.22. The monoisotopic (exact) mass is 336 g/mol. The molecule has 2 nitrogen and oxygen atoms in total. The Morgan fingerprint density at radius 1 is 1.08 bits per heavy atom. The van der Waals surface area contributed by atoms with E-state index < -0.39 is 18.5 Å². The molecule has 5 heteroatoms. The molecule has 0 radical (unpaired) electrons. The van der Waals surface area contributed by atoms with E-state index in [9.17, 15) is 4.32 Å². The van der Waals surface area contributed by atoms with Crippen LogP contribution in [-0.4, -0.2) is 22.6 Å². The number of aromatic nitrogens is 2. The summed E-state index contributed by atoms with van der Waals surface area (Å²) in [6, 6.07) is 15.4. The van der Waals surface area contributed by atoms with Crippen LogP contribution in [0.15, 0.2) is 54.7 Å². The highest BCUT2D eigenvalue weighted by molar-refractivity contribution is 6.67. The molecule has 0 fully saturated rings. The zero-order valence-electron chi connectivity index (χ0n) is 14.5. The van der Waals surface area contributed by atoms with Crippen LogP contribution in [0.4, 0.5) is 8.71 Å². The first-order valence-corrected chi connectivity index (χ1v) is 8.44. The van der Waals surface area contributed by atoms with E-state index in [4.69, 9.17) is 0 Å². The number of fused-ring (bicyclic) bond motifs is 4. The van der Waals surface area contributed by atoms with Crippen molar-refractivity contribution in [3.63, 3.8) is 0 Å². The lowest BCUT2D eigenvalue weighted by Gasteiger charge is -2.32. The first kappa shape index (κ1) is 16.1. The maximum atomic E-state index is 15.0. The van der Waals surface area contributed by atoms with E-state index in [0.29, 0.717) is 5.82 Å². The minimum absolute atomic E-state index is 0.147. The summed E-state index contributed by atoms with van der Waals surface area (Å²) in [6.07, 6.45) is -0.0328. The summed E-state index contributed by atoms with van der Waals surface area (Å²) in [5.41, 5.74) is 2.80. The van der Waals surface area contributed by atoms with Gasteiger partial charge in [-0.15, -0.1) is 0 Å². The third-order valence-corrected chi connectivity index (χ3v) is 5.19. The number of nitrogens with zero attached hydrogens (tertiary/aromatic N) is 2. The first-order chi connectivity index (χ1) is 11.9. The van der Waals surface area contributed by atoms with Gasteiger partial charge in [-0.05, 0) is 24.1 Å². The Labute approximate surface area is 146 Å². The molecule has 1 atom stereocenters. The van der Waals surface area contributed by atoms with Gasteiger partial charge in [0.25, 0.3) is 0 Å². The molecule has 0 spiro atoms. The van der Waals surface area contributed by atoms with Gasteiger partial charge < -0.3 is 8.88 Å². The van der Waals surface area contributed by atoms with Gasteiger partial charge in [-0.25, -0.2) is 4.98 Å². The van der Waals surface area contributed by atoms with Gasteiger partial charge in [0.05, 0.1) is 5.59 Å². The number of halogens is 2. The van der Waals surface area contributed by atoms with Gasteiger partial charge in [0, 0.05) is 22.9 Å². The fourth-order valence-corrected chi connectivity index (χ4v) is 3.64. The van der Waals surface area contributed by atoms with Gasteiger partial charge in [0.15, 0.2) is 0 Å². The molecular formula is C20H19BF2N2. The highest BCUT2D eigenvalue weighted by atomic mass is 19.2. The van der Waals surface area contributed by atoms with Gasteiger partial charge in [-0.2, -0.15) is 0 Å². The van der Waals surface area contributed by atoms with E-state index in [1.807, 2.05) is 60.0 Å². The highest BCUT2D eigenvalue weighted by Gasteiger charge is 2.46. The van der Waals surface area contributed by atoms with E-state index in [0.717, 1.165) is 22.4 Å². The summed E-state index contributed by atoms with van der Waals surface area (Å²) in [7, 11) is 0. The third-order valence-electron chi connectivity index (χ3n) is 5.19. The zero-order valence-corrected chi connectivity index (χ0v) is 14.5. The number of rotatable bonds is 1. The van der Waals surface area contributed by atoms with Crippen LogP contribution in [0.2, 0.25) is 0 Å². The molecule has 0 saturated heterocycles. The fraction of sp³-hybridized carbons (Fsp3) is 0.250. The van der Waals surface area contributed by atoms with Crippen molar-refractivity contribution in [3.05, 3.63) is 65.9 Å². The van der Waals surface area contributed by atoms with Gasteiger partial charge >= 0.3 is 6.99 Å². The van der Waals surface area contributed by atoms with Crippen molar-refractivity contribution < 1.29 is 8.71 Å². The minimum Gasteiger partial charge on any atom is -0.324 e. The topological polar surface area (TPSA) is 17.8 Å². The number of hydrogen-bond donors (Lipinski definition) is 0. The normalized spacial score (nSPS) is 18.4. The van der Waals surface area contributed by atoms with Gasteiger partial charge in [0.2, 0.25) is 0 Å². The molecule has 126 valence electrons. The third kappa shape index (κ3) is 2.33. The number of hydrogen-bond acceptors (Lipinski definition) is 1. The van der Waals surface area contributed by atoms with E-state index >= 15 is 4.39 Å². The zero-order chi connectivity index (χ0) is 17.8. The Bertz CT molecular complexity index is 948. The van der Waals surface area contributed by atoms with Gasteiger partial charge in [-0.3, -0.25) is 4.39 Å². The van der Waals surface area contributed by atoms with Crippen molar-refractivity contribution in [1.82, 2.24) is 9.55 Å². The van der Waals surface area contributed by atoms with E-state index in [1.165, 1.54) is 0 Å². The maximum absolute atomic E-state index is 15.0. The van der Waals surface area contributed by atoms with E-state index in [1.54, 1.807) is 20.0 Å². The van der Waals surface area contributed by atoms with Crippen LogP contribution >= 0.6 is 0 Å². The van der Waals surface area contributed by atoms with Crippen LogP contribution in [0.3, 0.4) is 0 Å². The second kappa shape index (κ2) is 5.55. The molecule has 0 amide bonds. The van der Waals surface area contributed by atoms with Crippen LogP contribution in [-0.2, 0) is 5.41 Å². The molecule has 1 aromatic heterocycles. The Hall–Kier alpha value is -2.43. The van der Waals surface area contributed by atoms with Crippen LogP contribution in [0.25, 0.3) is 17.1 Å². The molecule has 1 aliphatic rings. The minimum atomic E-state index is -1.76. The molecule has 1 aliphatic heterocycles. The lowest BCUT2D eigenvalue weighted by atomic mass is 9.53. The van der Waals surface area contributed by atoms with Crippen molar-refractivity contribution in [2.45, 2.75) is 32.3 Å². The molecule has 3 aromatic rings. The van der Waals surface area contributed by atoms with E-state index in [2.05, 4.69) is 4.98 Å².